The number of hydrogen-bond donors (Lipinski definition) is 1. The molecule has 116 valence electrons. The molecule has 0 saturated carbocycles. The minimum Gasteiger partial charge on any atom is -0.497 e. The van der Waals surface area contributed by atoms with Crippen molar-refractivity contribution in [2.75, 3.05) is 12.4 Å². The van der Waals surface area contributed by atoms with Gasteiger partial charge in [0.2, 0.25) is 0 Å². The van der Waals surface area contributed by atoms with E-state index in [2.05, 4.69) is 10.4 Å². The highest BCUT2D eigenvalue weighted by atomic mass is 16.6. The van der Waals surface area contributed by atoms with Gasteiger partial charge in [-0.05, 0) is 26.0 Å². The maximum Gasteiger partial charge on any atom is 0.282 e. The Bertz CT molecular complexity index is 709. The molecule has 0 atom stereocenters. The largest absolute Gasteiger partial charge is 0.497 e. The lowest BCUT2D eigenvalue weighted by Gasteiger charge is -2.06. The van der Waals surface area contributed by atoms with Gasteiger partial charge in [-0.1, -0.05) is 0 Å². The summed E-state index contributed by atoms with van der Waals surface area (Å²) in [4.78, 5) is 22.7. The number of nitro benzene ring substituents is 1. The van der Waals surface area contributed by atoms with Gasteiger partial charge in [-0.25, -0.2) is 0 Å². The number of nitrogens with one attached hydrogen (secondary N) is 1. The van der Waals surface area contributed by atoms with Gasteiger partial charge >= 0.3 is 0 Å². The number of carbonyl (C=O) groups excluding carboxylic acids is 1. The lowest BCUT2D eigenvalue weighted by Crippen LogP contribution is -2.14. The molecule has 1 N–H and O–H groups in total. The van der Waals surface area contributed by atoms with Crippen LogP contribution in [0.4, 0.5) is 11.4 Å². The monoisotopic (exact) mass is 304 g/mol. The predicted molar refractivity (Wildman–Crippen MR) is 80.2 cm³/mol. The van der Waals surface area contributed by atoms with Gasteiger partial charge in [0.05, 0.1) is 23.9 Å². The molecular formula is C14H16N4O4. The van der Waals surface area contributed by atoms with Gasteiger partial charge < -0.3 is 10.1 Å². The topological polar surface area (TPSA) is 99.3 Å². The number of amides is 1. The normalized spacial score (nSPS) is 10.5. The first-order valence-electron chi connectivity index (χ1n) is 6.60. The van der Waals surface area contributed by atoms with Crippen LogP contribution in [-0.2, 0) is 0 Å². The molecule has 1 heterocycles. The number of anilines is 1. The fourth-order valence-corrected chi connectivity index (χ4v) is 1.87. The summed E-state index contributed by atoms with van der Waals surface area (Å²) >= 11 is 0. The molecule has 0 bridgehead atoms. The predicted octanol–water partition coefficient (Wildman–Crippen LogP) is 2.63. The molecule has 8 heteroatoms. The standard InChI is InChI=1S/C14H16N4O4/c1-9(2)17-8-10(7-15-17)16-14(19)12-6-11(22-3)4-5-13(12)18(20)21/h4-9H,1-3H3,(H,16,19). The third kappa shape index (κ3) is 3.22. The Kier molecular flexibility index (Phi) is 4.40. The molecule has 0 spiro atoms. The summed E-state index contributed by atoms with van der Waals surface area (Å²) in [6, 6.07) is 4.16. The van der Waals surface area contributed by atoms with Gasteiger partial charge in [-0.3, -0.25) is 19.6 Å². The second-order valence-corrected chi connectivity index (χ2v) is 4.90. The highest BCUT2D eigenvalue weighted by Gasteiger charge is 2.21. The van der Waals surface area contributed by atoms with Crippen molar-refractivity contribution < 1.29 is 14.5 Å². The Morgan fingerprint density at radius 2 is 2.18 bits per heavy atom. The number of hydrogen-bond acceptors (Lipinski definition) is 5. The summed E-state index contributed by atoms with van der Waals surface area (Å²) in [5, 5.41) is 17.7. The van der Waals surface area contributed by atoms with Crippen molar-refractivity contribution in [2.24, 2.45) is 0 Å². The summed E-state index contributed by atoms with van der Waals surface area (Å²) in [5.41, 5.74) is 0.118. The zero-order chi connectivity index (χ0) is 16.3. The van der Waals surface area contributed by atoms with Crippen LogP contribution in [-0.4, -0.2) is 27.7 Å². The fourth-order valence-electron chi connectivity index (χ4n) is 1.87. The molecule has 0 unspecified atom stereocenters. The zero-order valence-corrected chi connectivity index (χ0v) is 12.4. The molecular weight excluding hydrogens is 288 g/mol. The number of benzene rings is 1. The SMILES string of the molecule is COc1ccc([N+](=O)[O-])c(C(=O)Nc2cnn(C(C)C)c2)c1. The first-order chi connectivity index (χ1) is 10.4. The van der Waals surface area contributed by atoms with Crippen LogP contribution in [0.1, 0.15) is 30.2 Å². The van der Waals surface area contributed by atoms with Crippen molar-refractivity contribution in [1.82, 2.24) is 9.78 Å². The van der Waals surface area contributed by atoms with Crippen LogP contribution in [0.2, 0.25) is 0 Å². The number of nitrogens with zero attached hydrogens (tertiary/aromatic N) is 3. The van der Waals surface area contributed by atoms with Gasteiger partial charge in [-0.15, -0.1) is 0 Å². The molecule has 0 fully saturated rings. The number of carbonyl (C=O) groups is 1. The van der Waals surface area contributed by atoms with Gasteiger partial charge in [0.1, 0.15) is 11.3 Å². The molecule has 1 aromatic heterocycles. The summed E-state index contributed by atoms with van der Waals surface area (Å²) in [6.45, 7) is 3.90. The average molecular weight is 304 g/mol. The van der Waals surface area contributed by atoms with Crippen LogP contribution in [0, 0.1) is 10.1 Å². The number of aromatic nitrogens is 2. The maximum absolute atomic E-state index is 12.3. The minimum absolute atomic E-state index is 0.0679. The van der Waals surface area contributed by atoms with Gasteiger partial charge in [0.25, 0.3) is 11.6 Å². The van der Waals surface area contributed by atoms with Crippen LogP contribution in [0.25, 0.3) is 0 Å². The molecule has 0 saturated heterocycles. The summed E-state index contributed by atoms with van der Waals surface area (Å²) in [6.07, 6.45) is 3.15. The Hall–Kier alpha value is -2.90. The first-order valence-corrected chi connectivity index (χ1v) is 6.60. The lowest BCUT2D eigenvalue weighted by atomic mass is 10.1. The van der Waals surface area contributed by atoms with Gasteiger partial charge in [-0.2, -0.15) is 5.10 Å². The van der Waals surface area contributed by atoms with E-state index in [0.717, 1.165) is 0 Å². The van der Waals surface area contributed by atoms with Crippen LogP contribution in [0.15, 0.2) is 30.6 Å². The van der Waals surface area contributed by atoms with E-state index in [1.54, 1.807) is 10.9 Å². The molecule has 2 rings (SSSR count). The summed E-state index contributed by atoms with van der Waals surface area (Å²) in [5.74, 6) is -0.220. The molecule has 0 aliphatic rings. The van der Waals surface area contributed by atoms with Crippen molar-refractivity contribution in [1.29, 1.82) is 0 Å². The number of methoxy groups -OCH3 is 1. The van der Waals surface area contributed by atoms with Crippen molar-refractivity contribution in [3.63, 3.8) is 0 Å². The van der Waals surface area contributed by atoms with E-state index in [-0.39, 0.29) is 17.3 Å². The number of nitro groups is 1. The molecule has 8 nitrogen and oxygen atoms in total. The Labute approximate surface area is 126 Å². The molecule has 2 aromatic rings. The van der Waals surface area contributed by atoms with Crippen LogP contribution in [0.3, 0.4) is 0 Å². The van der Waals surface area contributed by atoms with E-state index >= 15 is 0 Å². The number of rotatable bonds is 5. The van der Waals surface area contributed by atoms with Crippen molar-refractivity contribution >= 4 is 17.3 Å². The van der Waals surface area contributed by atoms with E-state index in [0.29, 0.717) is 11.4 Å². The number of ether oxygens (including phenoxy) is 1. The lowest BCUT2D eigenvalue weighted by molar-refractivity contribution is -0.385. The molecule has 1 aromatic carbocycles. The summed E-state index contributed by atoms with van der Waals surface area (Å²) < 4.78 is 6.68. The highest BCUT2D eigenvalue weighted by Crippen LogP contribution is 2.25. The fraction of sp³-hybridized carbons (Fsp3) is 0.286. The van der Waals surface area contributed by atoms with Crippen molar-refractivity contribution in [3.8, 4) is 5.75 Å². The first kappa shape index (κ1) is 15.5. The smallest absolute Gasteiger partial charge is 0.282 e. The van der Waals surface area contributed by atoms with E-state index in [9.17, 15) is 14.9 Å². The molecule has 1 amide bonds. The Balaban J connectivity index is 2.29. The van der Waals surface area contributed by atoms with E-state index in [1.807, 2.05) is 13.8 Å². The highest BCUT2D eigenvalue weighted by molar-refractivity contribution is 6.07. The minimum atomic E-state index is -0.605. The second-order valence-electron chi connectivity index (χ2n) is 4.90. The molecule has 0 aliphatic heterocycles. The van der Waals surface area contributed by atoms with Crippen molar-refractivity contribution in [3.05, 3.63) is 46.3 Å². The molecule has 22 heavy (non-hydrogen) atoms. The third-order valence-electron chi connectivity index (χ3n) is 3.03. The van der Waals surface area contributed by atoms with E-state index < -0.39 is 10.8 Å². The molecule has 0 aliphatic carbocycles. The Morgan fingerprint density at radius 1 is 1.45 bits per heavy atom. The van der Waals surface area contributed by atoms with Crippen molar-refractivity contribution in [2.45, 2.75) is 19.9 Å². The molecule has 0 radical (unpaired) electrons. The van der Waals surface area contributed by atoms with Crippen LogP contribution >= 0.6 is 0 Å². The van der Waals surface area contributed by atoms with E-state index in [4.69, 9.17) is 4.74 Å². The quantitative estimate of drug-likeness (QED) is 0.676. The van der Waals surface area contributed by atoms with Gasteiger partial charge in [0, 0.05) is 18.3 Å². The third-order valence-corrected chi connectivity index (χ3v) is 3.03. The van der Waals surface area contributed by atoms with Gasteiger partial charge in [0.15, 0.2) is 0 Å². The average Bonchev–Trinajstić information content (AvgIpc) is 2.95. The maximum atomic E-state index is 12.3. The zero-order valence-electron chi connectivity index (χ0n) is 12.4. The van der Waals surface area contributed by atoms with E-state index in [1.165, 1.54) is 31.5 Å². The second kappa shape index (κ2) is 6.25. The summed E-state index contributed by atoms with van der Waals surface area (Å²) in [7, 11) is 1.43. The Morgan fingerprint density at radius 3 is 2.73 bits per heavy atom. The van der Waals surface area contributed by atoms with Crippen LogP contribution in [0.5, 0.6) is 5.75 Å². The van der Waals surface area contributed by atoms with Crippen LogP contribution < -0.4 is 10.1 Å².